The first-order chi connectivity index (χ1) is 8.70. The molecule has 0 unspecified atom stereocenters. The van der Waals surface area contributed by atoms with E-state index in [1.807, 2.05) is 6.92 Å². The molecule has 2 rings (SSSR count). The van der Waals surface area contributed by atoms with Crippen LogP contribution in [0.3, 0.4) is 0 Å². The number of nitrogens with one attached hydrogen (secondary N) is 2. The third-order valence-electron chi connectivity index (χ3n) is 2.26. The molecule has 7 heteroatoms. The zero-order valence-electron chi connectivity index (χ0n) is 10.0. The Kier molecular flexibility index (Phi) is 3.42. The Morgan fingerprint density at radius 1 is 1.28 bits per heavy atom. The molecule has 0 atom stereocenters. The van der Waals surface area contributed by atoms with Crippen LogP contribution in [-0.2, 0) is 0 Å². The van der Waals surface area contributed by atoms with Crippen LogP contribution in [0.25, 0.3) is 0 Å². The minimum absolute atomic E-state index is 0.158. The van der Waals surface area contributed by atoms with Crippen molar-refractivity contribution in [2.24, 2.45) is 0 Å². The van der Waals surface area contributed by atoms with Crippen molar-refractivity contribution in [3.05, 3.63) is 35.9 Å². The van der Waals surface area contributed by atoms with Gasteiger partial charge in [0.25, 0.3) is 5.91 Å². The van der Waals surface area contributed by atoms with Gasteiger partial charge in [-0.15, -0.1) is 5.10 Å². The molecule has 0 aliphatic heterocycles. The molecule has 1 amide bonds. The van der Waals surface area contributed by atoms with Gasteiger partial charge in [0.1, 0.15) is 0 Å². The number of rotatable bonds is 3. The van der Waals surface area contributed by atoms with Crippen LogP contribution in [0.5, 0.6) is 0 Å². The molecular weight excluding hydrogens is 232 g/mol. The number of aromatic nitrogens is 4. The molecule has 2 aromatic rings. The molecule has 7 nitrogen and oxygen atoms in total. The van der Waals surface area contributed by atoms with Gasteiger partial charge in [0.05, 0.1) is 23.6 Å². The average Bonchev–Trinajstić information content (AvgIpc) is 2.39. The number of hydrogen-bond acceptors (Lipinski definition) is 6. The Balaban J connectivity index is 2.24. The molecular formula is C11H12N6O. The summed E-state index contributed by atoms with van der Waals surface area (Å²) in [5.74, 6) is -0.176. The van der Waals surface area contributed by atoms with E-state index < -0.39 is 0 Å². The zero-order valence-corrected chi connectivity index (χ0v) is 10.0. The van der Waals surface area contributed by atoms with Gasteiger partial charge in [0, 0.05) is 18.9 Å². The van der Waals surface area contributed by atoms with Crippen molar-refractivity contribution in [1.29, 1.82) is 0 Å². The highest BCUT2D eigenvalue weighted by molar-refractivity contribution is 6.07. The second-order valence-electron chi connectivity index (χ2n) is 3.54. The van der Waals surface area contributed by atoms with E-state index in [1.165, 1.54) is 18.6 Å². The molecule has 0 bridgehead atoms. The summed E-state index contributed by atoms with van der Waals surface area (Å²) in [6.07, 6.45) is 4.39. The minimum atomic E-state index is -0.333. The number of pyridine rings is 1. The summed E-state index contributed by atoms with van der Waals surface area (Å²) in [7, 11) is 1.74. The third kappa shape index (κ3) is 2.57. The third-order valence-corrected chi connectivity index (χ3v) is 2.26. The Labute approximate surface area is 104 Å². The number of aryl methyl sites for hydroxylation is 1. The number of carbonyl (C=O) groups excluding carboxylic acids is 1. The lowest BCUT2D eigenvalue weighted by Gasteiger charge is -2.08. The van der Waals surface area contributed by atoms with E-state index in [0.717, 1.165) is 5.69 Å². The lowest BCUT2D eigenvalue weighted by molar-refractivity contribution is 0.102. The predicted octanol–water partition coefficient (Wildman–Crippen LogP) is 0.869. The first kappa shape index (κ1) is 11.9. The van der Waals surface area contributed by atoms with Crippen LogP contribution in [0, 0.1) is 6.92 Å². The van der Waals surface area contributed by atoms with Crippen LogP contribution < -0.4 is 10.6 Å². The number of anilines is 2. The van der Waals surface area contributed by atoms with Crippen molar-refractivity contribution in [3.8, 4) is 0 Å². The fourth-order valence-corrected chi connectivity index (χ4v) is 1.42. The molecule has 0 spiro atoms. The summed E-state index contributed by atoms with van der Waals surface area (Å²) in [6.45, 7) is 1.85. The molecule has 2 aromatic heterocycles. The summed E-state index contributed by atoms with van der Waals surface area (Å²) >= 11 is 0. The minimum Gasteiger partial charge on any atom is -0.387 e. The second-order valence-corrected chi connectivity index (χ2v) is 3.54. The summed E-state index contributed by atoms with van der Waals surface area (Å²) in [5.41, 5.74) is 1.95. The second kappa shape index (κ2) is 5.17. The fourth-order valence-electron chi connectivity index (χ4n) is 1.42. The highest BCUT2D eigenvalue weighted by Crippen LogP contribution is 2.15. The first-order valence-electron chi connectivity index (χ1n) is 5.30. The van der Waals surface area contributed by atoms with Crippen LogP contribution in [-0.4, -0.2) is 33.1 Å². The van der Waals surface area contributed by atoms with Crippen LogP contribution in [0.2, 0.25) is 0 Å². The summed E-state index contributed by atoms with van der Waals surface area (Å²) in [5, 5.41) is 12.8. The van der Waals surface area contributed by atoms with E-state index >= 15 is 0 Å². The molecule has 0 fully saturated rings. The van der Waals surface area contributed by atoms with Gasteiger partial charge in [0.2, 0.25) is 5.95 Å². The molecule has 0 aliphatic rings. The maximum atomic E-state index is 12.0. The summed E-state index contributed by atoms with van der Waals surface area (Å²) < 4.78 is 0. The standard InChI is InChI=1S/C11H12N6O/c1-7-5-9(12-2)8(6-14-7)10(18)16-11-13-3-4-15-17-11/h3-6H,1-2H3,(H,12,14)(H,13,16,17,18). The number of amides is 1. The van der Waals surface area contributed by atoms with Gasteiger partial charge in [-0.05, 0) is 13.0 Å². The maximum absolute atomic E-state index is 12.0. The molecule has 2 N–H and O–H groups in total. The average molecular weight is 244 g/mol. The maximum Gasteiger partial charge on any atom is 0.261 e. The zero-order chi connectivity index (χ0) is 13.0. The molecule has 92 valence electrons. The Bertz CT molecular complexity index is 557. The van der Waals surface area contributed by atoms with E-state index in [2.05, 4.69) is 30.8 Å². The Hall–Kier alpha value is -2.57. The molecule has 0 saturated heterocycles. The van der Waals surface area contributed by atoms with Crippen LogP contribution >= 0.6 is 0 Å². The summed E-state index contributed by atoms with van der Waals surface area (Å²) in [4.78, 5) is 20.0. The van der Waals surface area contributed by atoms with Crippen molar-refractivity contribution in [2.75, 3.05) is 17.7 Å². The van der Waals surface area contributed by atoms with Crippen molar-refractivity contribution < 1.29 is 4.79 Å². The largest absolute Gasteiger partial charge is 0.387 e. The topological polar surface area (TPSA) is 92.7 Å². The molecule has 0 aromatic carbocycles. The molecule has 0 saturated carbocycles. The van der Waals surface area contributed by atoms with E-state index in [4.69, 9.17) is 0 Å². The van der Waals surface area contributed by atoms with Crippen molar-refractivity contribution in [2.45, 2.75) is 6.92 Å². The van der Waals surface area contributed by atoms with E-state index in [9.17, 15) is 4.79 Å². The van der Waals surface area contributed by atoms with Crippen molar-refractivity contribution in [3.63, 3.8) is 0 Å². The smallest absolute Gasteiger partial charge is 0.261 e. The number of carbonyl (C=O) groups is 1. The predicted molar refractivity (Wildman–Crippen MR) is 66.3 cm³/mol. The lowest BCUT2D eigenvalue weighted by atomic mass is 10.2. The SMILES string of the molecule is CNc1cc(C)ncc1C(=O)Nc1nccnn1. The van der Waals surface area contributed by atoms with Gasteiger partial charge >= 0.3 is 0 Å². The lowest BCUT2D eigenvalue weighted by Crippen LogP contribution is -2.16. The quantitative estimate of drug-likeness (QED) is 0.832. The van der Waals surface area contributed by atoms with Gasteiger partial charge < -0.3 is 5.32 Å². The van der Waals surface area contributed by atoms with Gasteiger partial charge in [-0.2, -0.15) is 5.10 Å². The van der Waals surface area contributed by atoms with E-state index in [-0.39, 0.29) is 11.9 Å². The Morgan fingerprint density at radius 2 is 2.11 bits per heavy atom. The van der Waals surface area contributed by atoms with Gasteiger partial charge in [-0.1, -0.05) is 0 Å². The van der Waals surface area contributed by atoms with Gasteiger partial charge in [-0.25, -0.2) is 4.98 Å². The van der Waals surface area contributed by atoms with Gasteiger partial charge in [-0.3, -0.25) is 15.1 Å². The first-order valence-corrected chi connectivity index (χ1v) is 5.30. The van der Waals surface area contributed by atoms with Crippen LogP contribution in [0.15, 0.2) is 24.7 Å². The van der Waals surface area contributed by atoms with E-state index in [0.29, 0.717) is 11.3 Å². The van der Waals surface area contributed by atoms with Crippen molar-refractivity contribution >= 4 is 17.5 Å². The molecule has 2 heterocycles. The van der Waals surface area contributed by atoms with Crippen LogP contribution in [0.4, 0.5) is 11.6 Å². The fraction of sp³-hybridized carbons (Fsp3) is 0.182. The molecule has 18 heavy (non-hydrogen) atoms. The van der Waals surface area contributed by atoms with Gasteiger partial charge in [0.15, 0.2) is 0 Å². The number of nitrogens with zero attached hydrogens (tertiary/aromatic N) is 4. The Morgan fingerprint density at radius 3 is 2.78 bits per heavy atom. The highest BCUT2D eigenvalue weighted by atomic mass is 16.1. The molecule has 0 aliphatic carbocycles. The number of hydrogen-bond donors (Lipinski definition) is 2. The highest BCUT2D eigenvalue weighted by Gasteiger charge is 2.12. The monoisotopic (exact) mass is 244 g/mol. The molecule has 0 radical (unpaired) electrons. The van der Waals surface area contributed by atoms with Crippen LogP contribution in [0.1, 0.15) is 16.1 Å². The normalized spacial score (nSPS) is 9.89. The summed E-state index contributed by atoms with van der Waals surface area (Å²) in [6, 6.07) is 1.79. The van der Waals surface area contributed by atoms with Crippen molar-refractivity contribution in [1.82, 2.24) is 20.2 Å². The van der Waals surface area contributed by atoms with E-state index in [1.54, 1.807) is 13.1 Å².